The summed E-state index contributed by atoms with van der Waals surface area (Å²) in [5, 5.41) is 3.72. The molecule has 1 heteroatoms. The molecule has 0 amide bonds. The molecule has 1 nitrogen and oxygen atoms in total. The van der Waals surface area contributed by atoms with Crippen LogP contribution in [0.3, 0.4) is 0 Å². The Kier molecular flexibility index (Phi) is 4.43. The standard InChI is InChI=1S/C13H27N/c1-5-13(8-6-7-9-13)10-14-12(4)11(2)3/h11-12,14H,5-10H2,1-4H3. The van der Waals surface area contributed by atoms with Gasteiger partial charge < -0.3 is 5.32 Å². The molecule has 1 N–H and O–H groups in total. The van der Waals surface area contributed by atoms with Crippen LogP contribution in [-0.4, -0.2) is 12.6 Å². The van der Waals surface area contributed by atoms with Crippen LogP contribution >= 0.6 is 0 Å². The number of nitrogens with one attached hydrogen (secondary N) is 1. The first kappa shape index (κ1) is 12.0. The van der Waals surface area contributed by atoms with Crippen LogP contribution in [0.15, 0.2) is 0 Å². The van der Waals surface area contributed by atoms with Gasteiger partial charge in [-0.25, -0.2) is 0 Å². The Morgan fingerprint density at radius 2 is 1.71 bits per heavy atom. The van der Waals surface area contributed by atoms with Crippen molar-refractivity contribution in [2.24, 2.45) is 11.3 Å². The van der Waals surface area contributed by atoms with Gasteiger partial charge in [-0.05, 0) is 37.5 Å². The van der Waals surface area contributed by atoms with Crippen molar-refractivity contribution in [1.82, 2.24) is 5.32 Å². The van der Waals surface area contributed by atoms with Crippen molar-refractivity contribution in [2.45, 2.75) is 65.8 Å². The third kappa shape index (κ3) is 2.98. The maximum absolute atomic E-state index is 3.72. The lowest BCUT2D eigenvalue weighted by Gasteiger charge is -2.30. The molecule has 0 spiro atoms. The summed E-state index contributed by atoms with van der Waals surface area (Å²) in [6, 6.07) is 0.666. The fourth-order valence-electron chi connectivity index (χ4n) is 2.39. The first-order valence-electron chi connectivity index (χ1n) is 6.33. The smallest absolute Gasteiger partial charge is 0.00619 e. The number of hydrogen-bond acceptors (Lipinski definition) is 1. The summed E-state index contributed by atoms with van der Waals surface area (Å²) in [7, 11) is 0. The van der Waals surface area contributed by atoms with Gasteiger partial charge in [0.1, 0.15) is 0 Å². The van der Waals surface area contributed by atoms with E-state index in [-0.39, 0.29) is 0 Å². The SMILES string of the molecule is CCC1(CNC(C)C(C)C)CCCC1. The summed E-state index contributed by atoms with van der Waals surface area (Å²) in [6.45, 7) is 10.5. The summed E-state index contributed by atoms with van der Waals surface area (Å²) >= 11 is 0. The van der Waals surface area contributed by atoms with Crippen LogP contribution in [0, 0.1) is 11.3 Å². The average Bonchev–Trinajstić information content (AvgIpc) is 2.63. The Hall–Kier alpha value is -0.0400. The van der Waals surface area contributed by atoms with E-state index >= 15 is 0 Å². The van der Waals surface area contributed by atoms with E-state index in [1.807, 2.05) is 0 Å². The van der Waals surface area contributed by atoms with Crippen LogP contribution in [0.4, 0.5) is 0 Å². The van der Waals surface area contributed by atoms with Crippen LogP contribution in [-0.2, 0) is 0 Å². The minimum absolute atomic E-state index is 0.642. The molecule has 0 aromatic heterocycles. The second-order valence-electron chi connectivity index (χ2n) is 5.47. The zero-order chi connectivity index (χ0) is 10.6. The molecule has 0 radical (unpaired) electrons. The van der Waals surface area contributed by atoms with Crippen molar-refractivity contribution in [1.29, 1.82) is 0 Å². The van der Waals surface area contributed by atoms with E-state index in [1.54, 1.807) is 0 Å². The van der Waals surface area contributed by atoms with Gasteiger partial charge in [-0.15, -0.1) is 0 Å². The van der Waals surface area contributed by atoms with Gasteiger partial charge in [0.05, 0.1) is 0 Å². The summed E-state index contributed by atoms with van der Waals surface area (Å²) in [5.41, 5.74) is 0.642. The predicted molar refractivity (Wildman–Crippen MR) is 63.5 cm³/mol. The van der Waals surface area contributed by atoms with Crippen LogP contribution in [0.5, 0.6) is 0 Å². The predicted octanol–water partition coefficient (Wildman–Crippen LogP) is 3.59. The third-order valence-electron chi connectivity index (χ3n) is 4.21. The van der Waals surface area contributed by atoms with Crippen molar-refractivity contribution < 1.29 is 0 Å². The normalized spacial score (nSPS) is 22.9. The quantitative estimate of drug-likeness (QED) is 0.710. The molecule has 1 unspecified atom stereocenters. The highest BCUT2D eigenvalue weighted by Gasteiger charge is 2.31. The second kappa shape index (κ2) is 5.16. The van der Waals surface area contributed by atoms with Crippen LogP contribution in [0.25, 0.3) is 0 Å². The summed E-state index contributed by atoms with van der Waals surface area (Å²) in [6.07, 6.45) is 7.14. The summed E-state index contributed by atoms with van der Waals surface area (Å²) in [5.74, 6) is 0.755. The summed E-state index contributed by atoms with van der Waals surface area (Å²) in [4.78, 5) is 0. The Balaban J connectivity index is 2.34. The fraction of sp³-hybridized carbons (Fsp3) is 1.00. The van der Waals surface area contributed by atoms with Crippen molar-refractivity contribution in [3.8, 4) is 0 Å². The van der Waals surface area contributed by atoms with Gasteiger partial charge in [0.2, 0.25) is 0 Å². The topological polar surface area (TPSA) is 12.0 Å². The molecule has 1 fully saturated rings. The van der Waals surface area contributed by atoms with Crippen molar-refractivity contribution in [2.75, 3.05) is 6.54 Å². The Morgan fingerprint density at radius 3 is 2.14 bits per heavy atom. The summed E-state index contributed by atoms with van der Waals surface area (Å²) < 4.78 is 0. The van der Waals surface area contributed by atoms with Gasteiger partial charge in [-0.3, -0.25) is 0 Å². The van der Waals surface area contributed by atoms with Crippen molar-refractivity contribution in [3.63, 3.8) is 0 Å². The van der Waals surface area contributed by atoms with Gasteiger partial charge in [0.15, 0.2) is 0 Å². The van der Waals surface area contributed by atoms with Crippen molar-refractivity contribution in [3.05, 3.63) is 0 Å². The molecule has 0 aromatic carbocycles. The van der Waals surface area contributed by atoms with Crippen molar-refractivity contribution >= 4 is 0 Å². The van der Waals surface area contributed by atoms with Crippen LogP contribution in [0.1, 0.15) is 59.8 Å². The highest BCUT2D eigenvalue weighted by molar-refractivity contribution is 4.86. The Bertz CT molecular complexity index is 157. The minimum Gasteiger partial charge on any atom is -0.313 e. The molecule has 84 valence electrons. The molecule has 0 aromatic rings. The molecule has 0 bridgehead atoms. The molecular formula is C13H27N. The Labute approximate surface area is 89.7 Å². The van der Waals surface area contributed by atoms with E-state index < -0.39 is 0 Å². The highest BCUT2D eigenvalue weighted by atomic mass is 14.9. The lowest BCUT2D eigenvalue weighted by atomic mass is 9.83. The molecule has 0 aliphatic heterocycles. The third-order valence-corrected chi connectivity index (χ3v) is 4.21. The minimum atomic E-state index is 0.642. The molecule has 1 saturated carbocycles. The fourth-order valence-corrected chi connectivity index (χ4v) is 2.39. The Morgan fingerprint density at radius 1 is 1.14 bits per heavy atom. The lowest BCUT2D eigenvalue weighted by Crippen LogP contribution is -2.39. The monoisotopic (exact) mass is 197 g/mol. The molecule has 0 saturated heterocycles. The molecule has 1 rings (SSSR count). The van der Waals surface area contributed by atoms with Crippen LogP contribution in [0.2, 0.25) is 0 Å². The molecule has 1 aliphatic carbocycles. The van der Waals surface area contributed by atoms with Crippen LogP contribution < -0.4 is 5.32 Å². The number of hydrogen-bond donors (Lipinski definition) is 1. The van der Waals surface area contributed by atoms with Gasteiger partial charge in [0.25, 0.3) is 0 Å². The first-order chi connectivity index (χ1) is 6.59. The number of rotatable bonds is 5. The van der Waals surface area contributed by atoms with E-state index in [1.165, 1.54) is 38.6 Å². The highest BCUT2D eigenvalue weighted by Crippen LogP contribution is 2.40. The van der Waals surface area contributed by atoms with E-state index in [0.717, 1.165) is 5.92 Å². The van der Waals surface area contributed by atoms with E-state index in [9.17, 15) is 0 Å². The lowest BCUT2D eigenvalue weighted by molar-refractivity contribution is 0.246. The molecule has 0 heterocycles. The van der Waals surface area contributed by atoms with Gasteiger partial charge >= 0.3 is 0 Å². The second-order valence-corrected chi connectivity index (χ2v) is 5.47. The maximum Gasteiger partial charge on any atom is 0.00619 e. The maximum atomic E-state index is 3.72. The largest absolute Gasteiger partial charge is 0.313 e. The van der Waals surface area contributed by atoms with Gasteiger partial charge in [-0.2, -0.15) is 0 Å². The van der Waals surface area contributed by atoms with E-state index in [4.69, 9.17) is 0 Å². The van der Waals surface area contributed by atoms with E-state index in [0.29, 0.717) is 11.5 Å². The van der Waals surface area contributed by atoms with E-state index in [2.05, 4.69) is 33.0 Å². The van der Waals surface area contributed by atoms with Gasteiger partial charge in [0, 0.05) is 12.6 Å². The zero-order valence-corrected chi connectivity index (χ0v) is 10.4. The molecular weight excluding hydrogens is 170 g/mol. The molecule has 14 heavy (non-hydrogen) atoms. The first-order valence-corrected chi connectivity index (χ1v) is 6.33. The molecule has 1 aliphatic rings. The van der Waals surface area contributed by atoms with Gasteiger partial charge in [-0.1, -0.05) is 33.6 Å². The molecule has 1 atom stereocenters. The average molecular weight is 197 g/mol. The zero-order valence-electron chi connectivity index (χ0n) is 10.4.